The van der Waals surface area contributed by atoms with Crippen molar-refractivity contribution >= 4 is 46.2 Å². The number of amides is 1. The minimum absolute atomic E-state index is 0.0462. The molecule has 9 heteroatoms. The number of rotatable bonds is 3. The average Bonchev–Trinajstić information content (AvgIpc) is 2.49. The second-order valence-electron chi connectivity index (χ2n) is 4.34. The summed E-state index contributed by atoms with van der Waals surface area (Å²) in [5.41, 5.74) is 0.369. The van der Waals surface area contributed by atoms with E-state index < -0.39 is 16.6 Å². The highest BCUT2D eigenvalue weighted by molar-refractivity contribution is 7.80. The Balaban J connectivity index is 2.03. The van der Waals surface area contributed by atoms with E-state index in [2.05, 4.69) is 10.6 Å². The maximum absolute atomic E-state index is 12.8. The van der Waals surface area contributed by atoms with Crippen LogP contribution in [0.15, 0.2) is 42.5 Å². The number of nitro benzene ring substituents is 1. The summed E-state index contributed by atoms with van der Waals surface area (Å²) in [7, 11) is 0. The first-order chi connectivity index (χ1) is 10.9. The quantitative estimate of drug-likeness (QED) is 0.501. The van der Waals surface area contributed by atoms with Crippen LogP contribution in [-0.2, 0) is 0 Å². The fourth-order valence-corrected chi connectivity index (χ4v) is 2.07. The second kappa shape index (κ2) is 7.12. The number of nitrogens with zero attached hydrogens (tertiary/aromatic N) is 1. The van der Waals surface area contributed by atoms with Crippen molar-refractivity contribution in [3.05, 3.63) is 69.0 Å². The molecule has 2 aromatic carbocycles. The zero-order valence-electron chi connectivity index (χ0n) is 11.4. The van der Waals surface area contributed by atoms with E-state index in [0.29, 0.717) is 5.69 Å². The number of hydrogen-bond donors (Lipinski definition) is 2. The van der Waals surface area contributed by atoms with Crippen LogP contribution >= 0.6 is 23.8 Å². The van der Waals surface area contributed by atoms with Gasteiger partial charge in [-0.25, -0.2) is 4.39 Å². The van der Waals surface area contributed by atoms with E-state index >= 15 is 0 Å². The Labute approximate surface area is 140 Å². The molecule has 0 unspecified atom stereocenters. The molecule has 0 aromatic heterocycles. The number of nitro groups is 1. The van der Waals surface area contributed by atoms with Gasteiger partial charge in [0.2, 0.25) is 0 Å². The Kier molecular flexibility index (Phi) is 5.20. The minimum atomic E-state index is -0.579. The zero-order chi connectivity index (χ0) is 17.0. The van der Waals surface area contributed by atoms with Gasteiger partial charge in [-0.05, 0) is 42.5 Å². The fraction of sp³-hybridized carbons (Fsp3) is 0. The number of halogens is 2. The highest BCUT2D eigenvalue weighted by Gasteiger charge is 2.12. The number of carbonyl (C=O) groups excluding carboxylic acids is 1. The summed E-state index contributed by atoms with van der Waals surface area (Å²) in [6.07, 6.45) is 0. The summed E-state index contributed by atoms with van der Waals surface area (Å²) in [6.45, 7) is 0. The minimum Gasteiger partial charge on any atom is -0.331 e. The van der Waals surface area contributed by atoms with Crippen LogP contribution in [0.3, 0.4) is 0 Å². The van der Waals surface area contributed by atoms with Crippen molar-refractivity contribution in [2.24, 2.45) is 0 Å². The molecule has 0 aliphatic carbocycles. The zero-order valence-corrected chi connectivity index (χ0v) is 13.0. The van der Waals surface area contributed by atoms with Gasteiger partial charge < -0.3 is 5.32 Å². The first-order valence-corrected chi connectivity index (χ1v) is 6.97. The predicted octanol–water partition coefficient (Wildman–Crippen LogP) is 3.51. The van der Waals surface area contributed by atoms with Gasteiger partial charge in [-0.1, -0.05) is 11.6 Å². The Morgan fingerprint density at radius 2 is 1.87 bits per heavy atom. The summed E-state index contributed by atoms with van der Waals surface area (Å²) in [5, 5.41) is 15.7. The van der Waals surface area contributed by atoms with Crippen molar-refractivity contribution in [1.82, 2.24) is 5.32 Å². The number of anilines is 1. The maximum atomic E-state index is 12.8. The summed E-state index contributed by atoms with van der Waals surface area (Å²) < 4.78 is 12.8. The Bertz CT molecular complexity index is 783. The lowest BCUT2D eigenvalue weighted by molar-refractivity contribution is -0.384. The summed E-state index contributed by atoms with van der Waals surface area (Å²) in [5.74, 6) is -0.986. The van der Waals surface area contributed by atoms with E-state index in [1.165, 1.54) is 24.3 Å². The molecule has 0 aliphatic heterocycles. The molecule has 2 aromatic rings. The van der Waals surface area contributed by atoms with Gasteiger partial charge in [0.1, 0.15) is 5.82 Å². The van der Waals surface area contributed by atoms with Crippen LogP contribution in [0.2, 0.25) is 5.02 Å². The molecular weight excluding hydrogens is 345 g/mol. The molecule has 118 valence electrons. The molecule has 1 amide bonds. The van der Waals surface area contributed by atoms with E-state index in [-0.39, 0.29) is 21.4 Å². The van der Waals surface area contributed by atoms with E-state index in [4.69, 9.17) is 23.8 Å². The van der Waals surface area contributed by atoms with Crippen molar-refractivity contribution in [2.45, 2.75) is 0 Å². The van der Waals surface area contributed by atoms with E-state index in [9.17, 15) is 19.3 Å². The molecule has 0 atom stereocenters. The largest absolute Gasteiger partial charge is 0.331 e. The normalized spacial score (nSPS) is 10.0. The van der Waals surface area contributed by atoms with Gasteiger partial charge in [-0.3, -0.25) is 20.2 Å². The molecule has 23 heavy (non-hydrogen) atoms. The number of benzene rings is 2. The predicted molar refractivity (Wildman–Crippen MR) is 88.2 cm³/mol. The number of thiocarbonyl (C=S) groups is 1. The lowest BCUT2D eigenvalue weighted by atomic mass is 10.2. The van der Waals surface area contributed by atoms with Crippen molar-refractivity contribution in [3.63, 3.8) is 0 Å². The molecule has 0 spiro atoms. The molecule has 2 rings (SSSR count). The molecular formula is C14H9ClFN3O3S. The van der Waals surface area contributed by atoms with Gasteiger partial charge in [0.25, 0.3) is 11.6 Å². The smallest absolute Gasteiger partial charge is 0.271 e. The Hall–Kier alpha value is -2.58. The molecule has 2 N–H and O–H groups in total. The third-order valence-electron chi connectivity index (χ3n) is 2.75. The monoisotopic (exact) mass is 353 g/mol. The Morgan fingerprint density at radius 1 is 1.22 bits per heavy atom. The van der Waals surface area contributed by atoms with Crippen molar-refractivity contribution in [3.8, 4) is 0 Å². The third-order valence-corrected chi connectivity index (χ3v) is 3.26. The number of non-ortho nitro benzene ring substituents is 1. The number of nitrogens with one attached hydrogen (secondary N) is 2. The van der Waals surface area contributed by atoms with Gasteiger partial charge in [0, 0.05) is 17.7 Å². The number of carbonyl (C=O) groups is 1. The topological polar surface area (TPSA) is 84.3 Å². The van der Waals surface area contributed by atoms with Gasteiger partial charge in [0.05, 0.1) is 15.6 Å². The maximum Gasteiger partial charge on any atom is 0.271 e. The van der Waals surface area contributed by atoms with Crippen molar-refractivity contribution in [1.29, 1.82) is 0 Å². The number of hydrogen-bond acceptors (Lipinski definition) is 4. The lowest BCUT2D eigenvalue weighted by Crippen LogP contribution is -2.34. The van der Waals surface area contributed by atoms with Gasteiger partial charge in [0.15, 0.2) is 5.11 Å². The summed E-state index contributed by atoms with van der Waals surface area (Å²) in [4.78, 5) is 22.0. The van der Waals surface area contributed by atoms with Crippen molar-refractivity contribution < 1.29 is 14.1 Å². The highest BCUT2D eigenvalue weighted by Crippen LogP contribution is 2.26. The molecule has 0 heterocycles. The first-order valence-electron chi connectivity index (χ1n) is 6.18. The fourth-order valence-electron chi connectivity index (χ4n) is 1.65. The SMILES string of the molecule is O=C(NC(=S)Nc1ccc([N+](=O)[O-])cc1Cl)c1ccc(F)cc1. The summed E-state index contributed by atoms with van der Waals surface area (Å²) in [6, 6.07) is 8.71. The Morgan fingerprint density at radius 3 is 2.43 bits per heavy atom. The van der Waals surface area contributed by atoms with Crippen LogP contribution in [0.25, 0.3) is 0 Å². The molecule has 0 aliphatic rings. The van der Waals surface area contributed by atoms with Crippen molar-refractivity contribution in [2.75, 3.05) is 5.32 Å². The average molecular weight is 354 g/mol. The van der Waals surface area contributed by atoms with Crippen LogP contribution < -0.4 is 10.6 Å². The van der Waals surface area contributed by atoms with Gasteiger partial charge in [-0.15, -0.1) is 0 Å². The first kappa shape index (κ1) is 16.8. The van der Waals surface area contributed by atoms with Crippen LogP contribution in [0.4, 0.5) is 15.8 Å². The summed E-state index contributed by atoms with van der Waals surface area (Å²) >= 11 is 10.9. The molecule has 0 radical (unpaired) electrons. The molecule has 0 saturated heterocycles. The van der Waals surface area contributed by atoms with Crippen LogP contribution in [0, 0.1) is 15.9 Å². The molecule has 0 fully saturated rings. The van der Waals surface area contributed by atoms with Gasteiger partial charge in [-0.2, -0.15) is 0 Å². The highest BCUT2D eigenvalue weighted by atomic mass is 35.5. The second-order valence-corrected chi connectivity index (χ2v) is 5.15. The van der Waals surface area contributed by atoms with Crippen LogP contribution in [-0.4, -0.2) is 15.9 Å². The van der Waals surface area contributed by atoms with Gasteiger partial charge >= 0.3 is 0 Å². The standard InChI is InChI=1S/C14H9ClFN3O3S/c15-11-7-10(19(21)22)5-6-12(11)17-14(23)18-13(20)8-1-3-9(16)4-2-8/h1-7H,(H2,17,18,20,23). The molecule has 0 bridgehead atoms. The van der Waals surface area contributed by atoms with Crippen LogP contribution in [0.5, 0.6) is 0 Å². The van der Waals surface area contributed by atoms with E-state index in [1.54, 1.807) is 0 Å². The van der Waals surface area contributed by atoms with E-state index in [1.807, 2.05) is 0 Å². The van der Waals surface area contributed by atoms with E-state index in [0.717, 1.165) is 18.2 Å². The lowest BCUT2D eigenvalue weighted by Gasteiger charge is -2.10. The van der Waals surface area contributed by atoms with Crippen LogP contribution in [0.1, 0.15) is 10.4 Å². The molecule has 6 nitrogen and oxygen atoms in total. The third kappa shape index (κ3) is 4.44. The molecule has 0 saturated carbocycles.